The summed E-state index contributed by atoms with van der Waals surface area (Å²) in [5, 5.41) is 4.77. The van der Waals surface area contributed by atoms with Crippen LogP contribution in [0, 0.1) is 0 Å². The van der Waals surface area contributed by atoms with Gasteiger partial charge < -0.3 is 10.2 Å². The number of hydrogen-bond donors (Lipinski definition) is 1. The van der Waals surface area contributed by atoms with Crippen LogP contribution < -0.4 is 10.2 Å². The number of rotatable bonds is 3. The zero-order chi connectivity index (χ0) is 14.2. The second-order valence-corrected chi connectivity index (χ2v) is 6.83. The first kappa shape index (κ1) is 13.2. The standard InChI is InChI=1S/C16H20N4S/c1-2-4-11-5-3-8-20(11)15-14-12-6-7-17-9-13(12)21-16(14)19-10-18-15/h3,5,10-11,17H,2,4,6-9H2,1H3/t11-/m1/s1. The van der Waals surface area contributed by atoms with Crippen molar-refractivity contribution in [3.63, 3.8) is 0 Å². The maximum atomic E-state index is 4.66. The summed E-state index contributed by atoms with van der Waals surface area (Å²) in [6.45, 7) is 5.26. The Balaban J connectivity index is 1.83. The van der Waals surface area contributed by atoms with Gasteiger partial charge in [0.15, 0.2) is 0 Å². The Morgan fingerprint density at radius 3 is 3.29 bits per heavy atom. The van der Waals surface area contributed by atoms with Crippen LogP contribution in [0.1, 0.15) is 30.2 Å². The third-order valence-corrected chi connectivity index (χ3v) is 5.55. The topological polar surface area (TPSA) is 41.1 Å². The van der Waals surface area contributed by atoms with Gasteiger partial charge in [-0.15, -0.1) is 11.3 Å². The first-order chi connectivity index (χ1) is 10.4. The van der Waals surface area contributed by atoms with Crippen molar-refractivity contribution >= 4 is 27.4 Å². The van der Waals surface area contributed by atoms with Gasteiger partial charge in [-0.1, -0.05) is 25.5 Å². The summed E-state index contributed by atoms with van der Waals surface area (Å²) < 4.78 is 0. The van der Waals surface area contributed by atoms with E-state index in [1.807, 2.05) is 11.3 Å². The molecule has 0 bridgehead atoms. The maximum absolute atomic E-state index is 4.66. The van der Waals surface area contributed by atoms with Crippen molar-refractivity contribution in [3.8, 4) is 0 Å². The molecule has 0 saturated heterocycles. The Morgan fingerprint density at radius 1 is 1.43 bits per heavy atom. The summed E-state index contributed by atoms with van der Waals surface area (Å²) in [7, 11) is 0. The van der Waals surface area contributed by atoms with E-state index in [1.54, 1.807) is 6.33 Å². The highest BCUT2D eigenvalue weighted by atomic mass is 32.1. The molecule has 0 spiro atoms. The van der Waals surface area contributed by atoms with Crippen LogP contribution in [0.3, 0.4) is 0 Å². The predicted molar refractivity (Wildman–Crippen MR) is 88.0 cm³/mol. The van der Waals surface area contributed by atoms with E-state index in [1.165, 1.54) is 28.7 Å². The normalized spacial score (nSPS) is 21.2. The van der Waals surface area contributed by atoms with Crippen molar-refractivity contribution in [1.82, 2.24) is 15.3 Å². The lowest BCUT2D eigenvalue weighted by Gasteiger charge is -2.26. The van der Waals surface area contributed by atoms with Gasteiger partial charge in [0.2, 0.25) is 0 Å². The summed E-state index contributed by atoms with van der Waals surface area (Å²) in [6.07, 6.45) is 9.82. The van der Waals surface area contributed by atoms with Crippen LogP contribution in [-0.2, 0) is 13.0 Å². The fraction of sp³-hybridized carbons (Fsp3) is 0.500. The van der Waals surface area contributed by atoms with E-state index in [4.69, 9.17) is 0 Å². The van der Waals surface area contributed by atoms with E-state index in [0.717, 1.165) is 36.7 Å². The Hall–Kier alpha value is -1.46. The molecule has 0 radical (unpaired) electrons. The summed E-state index contributed by atoms with van der Waals surface area (Å²) in [5.74, 6) is 1.14. The molecule has 21 heavy (non-hydrogen) atoms. The molecule has 0 saturated carbocycles. The molecule has 4 nitrogen and oxygen atoms in total. The summed E-state index contributed by atoms with van der Waals surface area (Å²) in [6, 6.07) is 0.491. The largest absolute Gasteiger partial charge is 0.346 e. The lowest BCUT2D eigenvalue weighted by atomic mass is 10.1. The SMILES string of the molecule is CCC[C@@H]1C=CCN1c1ncnc2sc3c(c12)CCNC3. The van der Waals surface area contributed by atoms with Gasteiger partial charge >= 0.3 is 0 Å². The number of hydrogen-bond acceptors (Lipinski definition) is 5. The van der Waals surface area contributed by atoms with E-state index in [0.29, 0.717) is 6.04 Å². The number of thiophene rings is 1. The first-order valence-corrected chi connectivity index (χ1v) is 8.59. The lowest BCUT2D eigenvalue weighted by molar-refractivity contribution is 0.654. The van der Waals surface area contributed by atoms with Gasteiger partial charge in [0.25, 0.3) is 0 Å². The Morgan fingerprint density at radius 2 is 2.38 bits per heavy atom. The quantitative estimate of drug-likeness (QED) is 0.885. The van der Waals surface area contributed by atoms with E-state index in [-0.39, 0.29) is 0 Å². The molecule has 2 aromatic heterocycles. The summed E-state index contributed by atoms with van der Waals surface area (Å²) in [5.41, 5.74) is 1.48. The van der Waals surface area contributed by atoms with Gasteiger partial charge in [0.1, 0.15) is 17.0 Å². The molecule has 0 amide bonds. The van der Waals surface area contributed by atoms with Crippen molar-refractivity contribution in [3.05, 3.63) is 28.9 Å². The van der Waals surface area contributed by atoms with Crippen LogP contribution in [0.15, 0.2) is 18.5 Å². The van der Waals surface area contributed by atoms with Crippen molar-refractivity contribution < 1.29 is 0 Å². The van der Waals surface area contributed by atoms with Crippen molar-refractivity contribution in [1.29, 1.82) is 0 Å². The molecule has 4 heterocycles. The molecule has 0 aliphatic carbocycles. The van der Waals surface area contributed by atoms with E-state index in [2.05, 4.69) is 39.3 Å². The minimum Gasteiger partial charge on any atom is -0.346 e. The number of nitrogens with one attached hydrogen (secondary N) is 1. The lowest BCUT2D eigenvalue weighted by Crippen LogP contribution is -2.31. The van der Waals surface area contributed by atoms with Gasteiger partial charge in [-0.05, 0) is 24.9 Å². The second-order valence-electron chi connectivity index (χ2n) is 5.74. The minimum atomic E-state index is 0.491. The molecule has 110 valence electrons. The Bertz CT molecular complexity index is 691. The summed E-state index contributed by atoms with van der Waals surface area (Å²) >= 11 is 1.83. The molecule has 2 aliphatic heterocycles. The van der Waals surface area contributed by atoms with E-state index in [9.17, 15) is 0 Å². The molecule has 5 heteroatoms. The summed E-state index contributed by atoms with van der Waals surface area (Å²) in [4.78, 5) is 14.2. The van der Waals surface area contributed by atoms with Gasteiger partial charge in [-0.2, -0.15) is 0 Å². The highest BCUT2D eigenvalue weighted by Gasteiger charge is 2.26. The van der Waals surface area contributed by atoms with Crippen LogP contribution in [0.25, 0.3) is 10.2 Å². The molecular formula is C16H20N4S. The van der Waals surface area contributed by atoms with Crippen LogP contribution in [-0.4, -0.2) is 29.1 Å². The molecule has 0 aromatic carbocycles. The van der Waals surface area contributed by atoms with Gasteiger partial charge in [0, 0.05) is 24.0 Å². The molecule has 1 N–H and O–H groups in total. The van der Waals surface area contributed by atoms with E-state index >= 15 is 0 Å². The average molecular weight is 300 g/mol. The minimum absolute atomic E-state index is 0.491. The monoisotopic (exact) mass is 300 g/mol. The fourth-order valence-electron chi connectivity index (χ4n) is 3.42. The molecule has 1 atom stereocenters. The van der Waals surface area contributed by atoms with Crippen molar-refractivity contribution in [2.75, 3.05) is 18.0 Å². The highest BCUT2D eigenvalue weighted by Crippen LogP contribution is 2.38. The molecule has 4 rings (SSSR count). The van der Waals surface area contributed by atoms with Crippen molar-refractivity contribution in [2.45, 2.75) is 38.8 Å². The Kier molecular flexibility index (Phi) is 3.39. The molecular weight excluding hydrogens is 280 g/mol. The van der Waals surface area contributed by atoms with Crippen LogP contribution in [0.4, 0.5) is 5.82 Å². The zero-order valence-corrected chi connectivity index (χ0v) is 13.1. The zero-order valence-electron chi connectivity index (χ0n) is 12.3. The average Bonchev–Trinajstić information content (AvgIpc) is 3.11. The molecule has 0 fully saturated rings. The first-order valence-electron chi connectivity index (χ1n) is 7.77. The third-order valence-electron chi connectivity index (χ3n) is 4.41. The van der Waals surface area contributed by atoms with Gasteiger partial charge in [0.05, 0.1) is 5.39 Å². The van der Waals surface area contributed by atoms with E-state index < -0.39 is 0 Å². The maximum Gasteiger partial charge on any atom is 0.141 e. The molecule has 2 aromatic rings. The molecule has 2 aliphatic rings. The number of anilines is 1. The number of nitrogens with zero attached hydrogens (tertiary/aromatic N) is 3. The van der Waals surface area contributed by atoms with Gasteiger partial charge in [-0.25, -0.2) is 9.97 Å². The molecule has 0 unspecified atom stereocenters. The van der Waals surface area contributed by atoms with Crippen LogP contribution in [0.2, 0.25) is 0 Å². The van der Waals surface area contributed by atoms with Crippen LogP contribution >= 0.6 is 11.3 Å². The van der Waals surface area contributed by atoms with Crippen molar-refractivity contribution in [2.24, 2.45) is 0 Å². The highest BCUT2D eigenvalue weighted by molar-refractivity contribution is 7.19. The Labute approximate surface area is 128 Å². The number of aromatic nitrogens is 2. The smallest absolute Gasteiger partial charge is 0.141 e. The number of fused-ring (bicyclic) bond motifs is 3. The second kappa shape index (κ2) is 5.39. The van der Waals surface area contributed by atoms with Gasteiger partial charge in [-0.3, -0.25) is 0 Å². The predicted octanol–water partition coefficient (Wildman–Crippen LogP) is 2.88. The third kappa shape index (κ3) is 2.15. The fourth-order valence-corrected chi connectivity index (χ4v) is 4.57. The van der Waals surface area contributed by atoms with Crippen LogP contribution in [0.5, 0.6) is 0 Å².